The lowest BCUT2D eigenvalue weighted by Gasteiger charge is -2.08. The average Bonchev–Trinajstić information content (AvgIpc) is 3.45. The van der Waals surface area contributed by atoms with Crippen LogP contribution in [0.5, 0.6) is 17.4 Å². The molecule has 1 fully saturated rings. The molecule has 1 aliphatic carbocycles. The van der Waals surface area contributed by atoms with Crippen molar-refractivity contribution < 1.29 is 14.3 Å². The van der Waals surface area contributed by atoms with Gasteiger partial charge >= 0.3 is 0 Å². The molecule has 126 valence electrons. The number of ketones is 1. The number of carbonyl (C=O) groups excluding carboxylic acids is 1. The lowest BCUT2D eigenvalue weighted by Crippen LogP contribution is -1.98. The first-order chi connectivity index (χ1) is 12.2. The molecule has 3 aromatic rings. The maximum absolute atomic E-state index is 11.5. The molecule has 0 unspecified atom stereocenters. The quantitative estimate of drug-likeness (QED) is 0.594. The number of ether oxygens (including phenoxy) is 2. The molecule has 2 aromatic carbocycles. The van der Waals surface area contributed by atoms with E-state index in [1.165, 1.54) is 12.8 Å². The minimum atomic E-state index is 0.0474. The third-order valence-electron chi connectivity index (χ3n) is 4.30. The van der Waals surface area contributed by atoms with Gasteiger partial charge in [-0.25, -0.2) is 4.98 Å². The molecule has 4 rings (SSSR count). The monoisotopic (exact) mass is 333 g/mol. The lowest BCUT2D eigenvalue weighted by atomic mass is 10.1. The first-order valence-corrected chi connectivity index (χ1v) is 8.50. The first-order valence-electron chi connectivity index (χ1n) is 8.50. The zero-order valence-electron chi connectivity index (χ0n) is 14.1. The minimum Gasteiger partial charge on any atom is -0.493 e. The van der Waals surface area contributed by atoms with Gasteiger partial charge in [-0.2, -0.15) is 0 Å². The minimum absolute atomic E-state index is 0.0474. The second kappa shape index (κ2) is 6.55. The number of Topliss-reactive ketones (excluding diaryl/α,β-unsaturated/α-hetero) is 1. The Bertz CT molecular complexity index is 914. The van der Waals surface area contributed by atoms with Gasteiger partial charge in [0.2, 0.25) is 5.88 Å². The summed E-state index contributed by atoms with van der Waals surface area (Å²) in [5.74, 6) is 2.88. The zero-order chi connectivity index (χ0) is 17.2. The van der Waals surface area contributed by atoms with Crippen LogP contribution in [0.2, 0.25) is 0 Å². The molecule has 0 aliphatic heterocycles. The number of fused-ring (bicyclic) bond motifs is 1. The van der Waals surface area contributed by atoms with Crippen LogP contribution in [0, 0.1) is 5.92 Å². The zero-order valence-corrected chi connectivity index (χ0v) is 14.1. The summed E-state index contributed by atoms with van der Waals surface area (Å²) in [5, 5.41) is 0.920. The number of hydrogen-bond donors (Lipinski definition) is 0. The highest BCUT2D eigenvalue weighted by atomic mass is 16.5. The standard InChI is InChI=1S/C21H19NO3/c1-14(23)16-4-10-20-17(12-16)5-11-21(22-20)25-19-8-6-18(7-9-19)24-13-15-2-3-15/h4-12,15H,2-3,13H2,1H3. The summed E-state index contributed by atoms with van der Waals surface area (Å²) in [4.78, 5) is 16.0. The largest absolute Gasteiger partial charge is 0.493 e. The van der Waals surface area contributed by atoms with E-state index in [4.69, 9.17) is 9.47 Å². The third kappa shape index (κ3) is 3.79. The molecule has 0 radical (unpaired) electrons. The Morgan fingerprint density at radius 1 is 1.04 bits per heavy atom. The molecule has 0 saturated heterocycles. The molecule has 0 N–H and O–H groups in total. The summed E-state index contributed by atoms with van der Waals surface area (Å²) in [6.45, 7) is 2.36. The van der Waals surface area contributed by atoms with E-state index in [0.29, 0.717) is 17.2 Å². The van der Waals surface area contributed by atoms with Gasteiger partial charge < -0.3 is 9.47 Å². The number of benzene rings is 2. The number of aromatic nitrogens is 1. The second-order valence-electron chi connectivity index (χ2n) is 6.44. The third-order valence-corrected chi connectivity index (χ3v) is 4.30. The van der Waals surface area contributed by atoms with Crippen LogP contribution in [-0.2, 0) is 0 Å². The van der Waals surface area contributed by atoms with Crippen molar-refractivity contribution in [3.63, 3.8) is 0 Å². The van der Waals surface area contributed by atoms with Crippen LogP contribution in [0.1, 0.15) is 30.1 Å². The topological polar surface area (TPSA) is 48.4 Å². The van der Waals surface area contributed by atoms with E-state index in [1.807, 2.05) is 48.5 Å². The maximum atomic E-state index is 11.5. The Balaban J connectivity index is 1.47. The molecule has 4 heteroatoms. The molecule has 0 atom stereocenters. The van der Waals surface area contributed by atoms with Gasteiger partial charge in [0.05, 0.1) is 12.1 Å². The molecule has 1 aromatic heterocycles. The summed E-state index contributed by atoms with van der Waals surface area (Å²) in [7, 11) is 0. The van der Waals surface area contributed by atoms with E-state index in [2.05, 4.69) is 4.98 Å². The number of rotatable bonds is 6. The Morgan fingerprint density at radius 2 is 1.80 bits per heavy atom. The number of hydrogen-bond acceptors (Lipinski definition) is 4. The van der Waals surface area contributed by atoms with Crippen molar-refractivity contribution in [2.45, 2.75) is 19.8 Å². The smallest absolute Gasteiger partial charge is 0.219 e. The van der Waals surface area contributed by atoms with Crippen molar-refractivity contribution in [1.29, 1.82) is 0 Å². The second-order valence-corrected chi connectivity index (χ2v) is 6.44. The molecule has 4 nitrogen and oxygen atoms in total. The molecule has 0 spiro atoms. The Morgan fingerprint density at radius 3 is 2.52 bits per heavy atom. The summed E-state index contributed by atoms with van der Waals surface area (Å²) < 4.78 is 11.5. The van der Waals surface area contributed by atoms with E-state index in [9.17, 15) is 4.79 Å². The van der Waals surface area contributed by atoms with Gasteiger partial charge in [0.1, 0.15) is 11.5 Å². The Labute approximate surface area is 146 Å². The van der Waals surface area contributed by atoms with E-state index in [1.54, 1.807) is 13.0 Å². The van der Waals surface area contributed by atoms with Crippen LogP contribution in [0.25, 0.3) is 10.9 Å². The van der Waals surface area contributed by atoms with Gasteiger partial charge in [-0.3, -0.25) is 4.79 Å². The van der Waals surface area contributed by atoms with E-state index in [0.717, 1.165) is 29.2 Å². The lowest BCUT2D eigenvalue weighted by molar-refractivity contribution is 0.101. The fourth-order valence-electron chi connectivity index (χ4n) is 2.61. The van der Waals surface area contributed by atoms with Crippen molar-refractivity contribution in [1.82, 2.24) is 4.98 Å². The van der Waals surface area contributed by atoms with Gasteiger partial charge in [-0.15, -0.1) is 0 Å². The predicted molar refractivity (Wildman–Crippen MR) is 96.5 cm³/mol. The summed E-state index contributed by atoms with van der Waals surface area (Å²) in [6, 6.07) is 16.8. The Hall–Kier alpha value is -2.88. The van der Waals surface area contributed by atoms with Gasteiger partial charge in [0.15, 0.2) is 5.78 Å². The molecule has 0 bridgehead atoms. The van der Waals surface area contributed by atoms with Crippen LogP contribution >= 0.6 is 0 Å². The fourth-order valence-corrected chi connectivity index (χ4v) is 2.61. The summed E-state index contributed by atoms with van der Waals surface area (Å²) >= 11 is 0. The van der Waals surface area contributed by atoms with Crippen molar-refractivity contribution in [3.8, 4) is 17.4 Å². The summed E-state index contributed by atoms with van der Waals surface area (Å²) in [6.07, 6.45) is 2.56. The molecule has 0 amide bonds. The maximum Gasteiger partial charge on any atom is 0.219 e. The molecule has 1 saturated carbocycles. The molecule has 1 aliphatic rings. The Kier molecular flexibility index (Phi) is 4.10. The SMILES string of the molecule is CC(=O)c1ccc2nc(Oc3ccc(OCC4CC4)cc3)ccc2c1. The number of nitrogens with zero attached hydrogens (tertiary/aromatic N) is 1. The van der Waals surface area contributed by atoms with Crippen LogP contribution in [-0.4, -0.2) is 17.4 Å². The predicted octanol–water partition coefficient (Wildman–Crippen LogP) is 5.02. The van der Waals surface area contributed by atoms with Crippen molar-refractivity contribution >= 4 is 16.7 Å². The van der Waals surface area contributed by atoms with Gasteiger partial charge in [0.25, 0.3) is 0 Å². The van der Waals surface area contributed by atoms with Crippen LogP contribution in [0.15, 0.2) is 54.6 Å². The number of pyridine rings is 1. The van der Waals surface area contributed by atoms with Crippen molar-refractivity contribution in [2.24, 2.45) is 5.92 Å². The van der Waals surface area contributed by atoms with E-state index >= 15 is 0 Å². The molecule has 1 heterocycles. The van der Waals surface area contributed by atoms with Crippen molar-refractivity contribution in [3.05, 3.63) is 60.2 Å². The van der Waals surface area contributed by atoms with Crippen LogP contribution in [0.4, 0.5) is 0 Å². The van der Waals surface area contributed by atoms with Crippen LogP contribution < -0.4 is 9.47 Å². The molecular formula is C21H19NO3. The normalized spacial score (nSPS) is 13.6. The van der Waals surface area contributed by atoms with Gasteiger partial charge in [-0.1, -0.05) is 0 Å². The fraction of sp³-hybridized carbons (Fsp3) is 0.238. The molecule has 25 heavy (non-hydrogen) atoms. The van der Waals surface area contributed by atoms with E-state index < -0.39 is 0 Å². The highest BCUT2D eigenvalue weighted by Crippen LogP contribution is 2.30. The highest BCUT2D eigenvalue weighted by Gasteiger charge is 2.21. The summed E-state index contributed by atoms with van der Waals surface area (Å²) in [5.41, 5.74) is 1.48. The van der Waals surface area contributed by atoms with Gasteiger partial charge in [-0.05, 0) is 74.2 Å². The molecular weight excluding hydrogens is 314 g/mol. The average molecular weight is 333 g/mol. The van der Waals surface area contributed by atoms with Crippen LogP contribution in [0.3, 0.4) is 0 Å². The van der Waals surface area contributed by atoms with Gasteiger partial charge in [0, 0.05) is 17.0 Å². The highest BCUT2D eigenvalue weighted by molar-refractivity contribution is 5.97. The van der Waals surface area contributed by atoms with Crippen molar-refractivity contribution in [2.75, 3.05) is 6.61 Å². The van der Waals surface area contributed by atoms with E-state index in [-0.39, 0.29) is 5.78 Å². The first kappa shape index (κ1) is 15.6. The number of carbonyl (C=O) groups is 1.